The number of nitrogens with one attached hydrogen (secondary N) is 1. The molecule has 21 heavy (non-hydrogen) atoms. The van der Waals surface area contributed by atoms with E-state index in [1.54, 1.807) is 22.8 Å². The van der Waals surface area contributed by atoms with Gasteiger partial charge in [-0.1, -0.05) is 18.2 Å². The first-order valence-corrected chi connectivity index (χ1v) is 7.68. The van der Waals surface area contributed by atoms with Gasteiger partial charge in [-0.3, -0.25) is 4.79 Å². The third-order valence-corrected chi connectivity index (χ3v) is 3.79. The second-order valence-electron chi connectivity index (χ2n) is 4.62. The first-order chi connectivity index (χ1) is 10.2. The predicted molar refractivity (Wildman–Crippen MR) is 81.5 cm³/mol. The van der Waals surface area contributed by atoms with Crippen molar-refractivity contribution in [1.82, 2.24) is 9.88 Å². The summed E-state index contributed by atoms with van der Waals surface area (Å²) in [6, 6.07) is 6.62. The predicted octanol–water partition coefficient (Wildman–Crippen LogP) is 2.16. The standard InChI is InChI=1S/C15H18FN3OS/c1-17-8-4-7-14(20)18-15-19(9-10-21-15)11-12-5-2-3-6-13(12)16/h2-3,5-6,9-10,17H,4,7-8,11H2,1H3. The number of aromatic nitrogens is 1. The molecule has 1 aromatic heterocycles. The Morgan fingerprint density at radius 3 is 3.00 bits per heavy atom. The van der Waals surface area contributed by atoms with E-state index in [1.807, 2.05) is 18.6 Å². The van der Waals surface area contributed by atoms with Gasteiger partial charge in [0.2, 0.25) is 5.91 Å². The van der Waals surface area contributed by atoms with Crippen LogP contribution in [0.5, 0.6) is 0 Å². The molecule has 4 nitrogen and oxygen atoms in total. The minimum atomic E-state index is -0.248. The molecule has 0 saturated heterocycles. The quantitative estimate of drug-likeness (QED) is 0.831. The molecule has 2 rings (SSSR count). The fourth-order valence-electron chi connectivity index (χ4n) is 1.90. The zero-order chi connectivity index (χ0) is 15.1. The highest BCUT2D eigenvalue weighted by atomic mass is 32.1. The van der Waals surface area contributed by atoms with Crippen molar-refractivity contribution in [3.63, 3.8) is 0 Å². The van der Waals surface area contributed by atoms with Crippen LogP contribution < -0.4 is 10.1 Å². The van der Waals surface area contributed by atoms with E-state index in [-0.39, 0.29) is 11.7 Å². The first-order valence-electron chi connectivity index (χ1n) is 6.80. The Bertz CT molecular complexity index is 663. The summed E-state index contributed by atoms with van der Waals surface area (Å²) in [6.07, 6.45) is 2.99. The van der Waals surface area contributed by atoms with Crippen LogP contribution in [0.3, 0.4) is 0 Å². The Labute approximate surface area is 127 Å². The van der Waals surface area contributed by atoms with Crippen LogP contribution in [0.2, 0.25) is 0 Å². The number of amides is 1. The van der Waals surface area contributed by atoms with Crippen molar-refractivity contribution < 1.29 is 9.18 Å². The molecule has 1 heterocycles. The monoisotopic (exact) mass is 307 g/mol. The Hall–Kier alpha value is -1.79. The fraction of sp³-hybridized carbons (Fsp3) is 0.333. The maximum absolute atomic E-state index is 13.7. The van der Waals surface area contributed by atoms with Crippen molar-refractivity contribution in [1.29, 1.82) is 0 Å². The van der Waals surface area contributed by atoms with Gasteiger partial charge in [0, 0.05) is 23.6 Å². The largest absolute Gasteiger partial charge is 0.320 e. The number of carbonyl (C=O) groups is 1. The SMILES string of the molecule is CNCCCC(=O)N=c1sccn1Cc1ccccc1F. The van der Waals surface area contributed by atoms with Crippen LogP contribution in [0.25, 0.3) is 0 Å². The number of carbonyl (C=O) groups excluding carboxylic acids is 1. The van der Waals surface area contributed by atoms with E-state index in [9.17, 15) is 9.18 Å². The lowest BCUT2D eigenvalue weighted by molar-refractivity contribution is -0.118. The van der Waals surface area contributed by atoms with Crippen molar-refractivity contribution in [3.05, 3.63) is 52.0 Å². The van der Waals surface area contributed by atoms with Crippen LogP contribution in [0.4, 0.5) is 4.39 Å². The second kappa shape index (κ2) is 7.85. The lowest BCUT2D eigenvalue weighted by Gasteiger charge is -2.04. The zero-order valence-electron chi connectivity index (χ0n) is 11.9. The number of halogens is 1. The van der Waals surface area contributed by atoms with E-state index >= 15 is 0 Å². The van der Waals surface area contributed by atoms with Crippen molar-refractivity contribution >= 4 is 17.2 Å². The molecule has 0 aliphatic carbocycles. The molecule has 0 saturated carbocycles. The van der Waals surface area contributed by atoms with Crippen LogP contribution in [-0.2, 0) is 11.3 Å². The van der Waals surface area contributed by atoms with E-state index in [1.165, 1.54) is 17.4 Å². The van der Waals surface area contributed by atoms with Crippen LogP contribution in [0.15, 0.2) is 40.8 Å². The van der Waals surface area contributed by atoms with Gasteiger partial charge in [0.1, 0.15) is 5.82 Å². The molecular weight excluding hydrogens is 289 g/mol. The lowest BCUT2D eigenvalue weighted by atomic mass is 10.2. The highest BCUT2D eigenvalue weighted by Crippen LogP contribution is 2.08. The maximum atomic E-state index is 13.7. The minimum absolute atomic E-state index is 0.144. The van der Waals surface area contributed by atoms with Gasteiger partial charge in [-0.15, -0.1) is 11.3 Å². The summed E-state index contributed by atoms with van der Waals surface area (Å²) in [5, 5.41) is 4.84. The molecule has 0 atom stereocenters. The molecule has 112 valence electrons. The van der Waals surface area contributed by atoms with Crippen LogP contribution in [0, 0.1) is 5.82 Å². The summed E-state index contributed by atoms with van der Waals surface area (Å²) < 4.78 is 15.5. The van der Waals surface area contributed by atoms with E-state index in [0.717, 1.165) is 13.0 Å². The number of rotatable bonds is 6. The molecule has 1 amide bonds. The summed E-state index contributed by atoms with van der Waals surface area (Å²) in [5.74, 6) is -0.391. The third kappa shape index (κ3) is 4.61. The number of thiazole rings is 1. The average molecular weight is 307 g/mol. The summed E-state index contributed by atoms with van der Waals surface area (Å²) in [6.45, 7) is 1.17. The van der Waals surface area contributed by atoms with Gasteiger partial charge in [0.15, 0.2) is 4.80 Å². The normalized spacial score (nSPS) is 11.8. The van der Waals surface area contributed by atoms with Gasteiger partial charge >= 0.3 is 0 Å². The zero-order valence-corrected chi connectivity index (χ0v) is 12.7. The van der Waals surface area contributed by atoms with Gasteiger partial charge in [-0.05, 0) is 26.1 Å². The smallest absolute Gasteiger partial charge is 0.248 e. The Morgan fingerprint density at radius 2 is 2.24 bits per heavy atom. The molecule has 2 aromatic rings. The Kier molecular flexibility index (Phi) is 5.83. The average Bonchev–Trinajstić information content (AvgIpc) is 2.89. The molecule has 0 aliphatic rings. The topological polar surface area (TPSA) is 46.4 Å². The summed E-state index contributed by atoms with van der Waals surface area (Å²) in [7, 11) is 1.85. The molecule has 0 spiro atoms. The number of nitrogens with zero attached hydrogens (tertiary/aromatic N) is 2. The molecule has 6 heteroatoms. The van der Waals surface area contributed by atoms with Crippen LogP contribution in [-0.4, -0.2) is 24.1 Å². The van der Waals surface area contributed by atoms with Crippen molar-refractivity contribution in [2.75, 3.05) is 13.6 Å². The second-order valence-corrected chi connectivity index (χ2v) is 5.49. The highest BCUT2D eigenvalue weighted by molar-refractivity contribution is 7.07. The van der Waals surface area contributed by atoms with Gasteiger partial charge in [-0.2, -0.15) is 4.99 Å². The van der Waals surface area contributed by atoms with Gasteiger partial charge < -0.3 is 9.88 Å². The van der Waals surface area contributed by atoms with Crippen LogP contribution in [0.1, 0.15) is 18.4 Å². The van der Waals surface area contributed by atoms with Crippen molar-refractivity contribution in [2.45, 2.75) is 19.4 Å². The van der Waals surface area contributed by atoms with Crippen molar-refractivity contribution in [3.8, 4) is 0 Å². The summed E-state index contributed by atoms with van der Waals surface area (Å²) >= 11 is 1.38. The minimum Gasteiger partial charge on any atom is -0.320 e. The van der Waals surface area contributed by atoms with Crippen LogP contribution >= 0.6 is 11.3 Å². The molecule has 0 fully saturated rings. The first kappa shape index (κ1) is 15.6. The van der Waals surface area contributed by atoms with Gasteiger partial charge in [0.05, 0.1) is 6.54 Å². The van der Waals surface area contributed by atoms with E-state index < -0.39 is 0 Å². The van der Waals surface area contributed by atoms with E-state index in [0.29, 0.717) is 23.3 Å². The van der Waals surface area contributed by atoms with E-state index in [2.05, 4.69) is 10.3 Å². The lowest BCUT2D eigenvalue weighted by Crippen LogP contribution is -2.18. The third-order valence-electron chi connectivity index (χ3n) is 3.00. The Morgan fingerprint density at radius 1 is 1.43 bits per heavy atom. The van der Waals surface area contributed by atoms with E-state index in [4.69, 9.17) is 0 Å². The molecule has 1 aromatic carbocycles. The summed E-state index contributed by atoms with van der Waals surface area (Å²) in [5.41, 5.74) is 0.583. The molecule has 0 radical (unpaired) electrons. The number of hydrogen-bond acceptors (Lipinski definition) is 3. The highest BCUT2D eigenvalue weighted by Gasteiger charge is 2.05. The molecule has 0 aliphatic heterocycles. The molecule has 0 bridgehead atoms. The molecule has 1 N–H and O–H groups in total. The maximum Gasteiger partial charge on any atom is 0.248 e. The van der Waals surface area contributed by atoms with Crippen molar-refractivity contribution in [2.24, 2.45) is 4.99 Å². The fourth-order valence-corrected chi connectivity index (χ4v) is 2.64. The van der Waals surface area contributed by atoms with Gasteiger partial charge in [-0.25, -0.2) is 4.39 Å². The molecule has 0 unspecified atom stereocenters. The number of hydrogen-bond donors (Lipinski definition) is 1. The van der Waals surface area contributed by atoms with Gasteiger partial charge in [0.25, 0.3) is 0 Å². The number of benzene rings is 1. The Balaban J connectivity index is 2.11. The summed E-state index contributed by atoms with van der Waals surface area (Å²) in [4.78, 5) is 16.5. The molecular formula is C15H18FN3OS.